The van der Waals surface area contributed by atoms with Crippen molar-refractivity contribution < 1.29 is 28.5 Å². The van der Waals surface area contributed by atoms with Crippen molar-refractivity contribution in [2.24, 2.45) is 4.99 Å². The molecule has 0 N–H and O–H groups in total. The van der Waals surface area contributed by atoms with Crippen molar-refractivity contribution in [3.63, 3.8) is 0 Å². The molecule has 0 amide bonds. The largest absolute Gasteiger partial charge is 0.491 e. The van der Waals surface area contributed by atoms with Gasteiger partial charge in [-0.25, -0.2) is 14.6 Å². The van der Waals surface area contributed by atoms with E-state index in [-0.39, 0.29) is 36.4 Å². The van der Waals surface area contributed by atoms with Gasteiger partial charge in [0.15, 0.2) is 4.80 Å². The number of benzene rings is 3. The fraction of sp³-hybridized carbons (Fsp3) is 0.278. The number of thiazole rings is 1. The van der Waals surface area contributed by atoms with Crippen molar-refractivity contribution in [3.05, 3.63) is 124 Å². The molecule has 0 fully saturated rings. The Labute approximate surface area is 284 Å². The molecule has 0 bridgehead atoms. The molecule has 0 saturated heterocycles. The molecular weight excluding hydrogens is 684 g/mol. The predicted molar refractivity (Wildman–Crippen MR) is 183 cm³/mol. The Bertz CT molecular complexity index is 2010. The van der Waals surface area contributed by atoms with Crippen molar-refractivity contribution in [1.29, 1.82) is 0 Å². The van der Waals surface area contributed by atoms with E-state index in [0.717, 1.165) is 10.0 Å². The number of allylic oxidation sites excluding steroid dienone is 1. The Kier molecular flexibility index (Phi) is 10.8. The van der Waals surface area contributed by atoms with Gasteiger partial charge >= 0.3 is 11.9 Å². The Balaban J connectivity index is 1.57. The van der Waals surface area contributed by atoms with Gasteiger partial charge in [0.1, 0.15) is 24.1 Å². The van der Waals surface area contributed by atoms with Crippen molar-refractivity contribution in [3.8, 4) is 11.5 Å². The third-order valence-electron chi connectivity index (χ3n) is 7.21. The van der Waals surface area contributed by atoms with Gasteiger partial charge in [0.25, 0.3) is 5.56 Å². The summed E-state index contributed by atoms with van der Waals surface area (Å²) in [6.07, 6.45) is 1.64. The minimum atomic E-state index is -0.807. The summed E-state index contributed by atoms with van der Waals surface area (Å²) in [5.41, 5.74) is 3.10. The summed E-state index contributed by atoms with van der Waals surface area (Å²) in [5, 5.41) is 0. The Morgan fingerprint density at radius 1 is 0.979 bits per heavy atom. The first-order valence-electron chi connectivity index (χ1n) is 15.2. The zero-order valence-electron chi connectivity index (χ0n) is 26.7. The van der Waals surface area contributed by atoms with Crippen molar-refractivity contribution in [2.75, 3.05) is 13.2 Å². The number of aromatic nitrogens is 1. The van der Waals surface area contributed by atoms with Crippen molar-refractivity contribution >= 4 is 45.3 Å². The van der Waals surface area contributed by atoms with Gasteiger partial charge in [-0.05, 0) is 82.7 Å². The van der Waals surface area contributed by atoms with Gasteiger partial charge < -0.3 is 18.9 Å². The van der Waals surface area contributed by atoms with E-state index >= 15 is 0 Å². The number of esters is 2. The fourth-order valence-corrected chi connectivity index (χ4v) is 6.59. The molecule has 1 aromatic heterocycles. The average molecular weight is 720 g/mol. The molecule has 1 atom stereocenters. The molecular formula is C36H35BrN2O7S. The number of nitrogens with zero attached hydrogens (tertiary/aromatic N) is 2. The van der Waals surface area contributed by atoms with Crippen LogP contribution < -0.4 is 24.4 Å². The molecule has 1 aliphatic heterocycles. The second kappa shape index (κ2) is 15.0. The molecule has 11 heteroatoms. The minimum absolute atomic E-state index is 0.131. The third kappa shape index (κ3) is 7.58. The van der Waals surface area contributed by atoms with Crippen LogP contribution in [-0.4, -0.2) is 35.8 Å². The van der Waals surface area contributed by atoms with E-state index in [4.69, 9.17) is 23.9 Å². The molecule has 0 saturated carbocycles. The van der Waals surface area contributed by atoms with Gasteiger partial charge in [0.2, 0.25) is 0 Å². The summed E-state index contributed by atoms with van der Waals surface area (Å²) in [7, 11) is 0. The average Bonchev–Trinajstić information content (AvgIpc) is 3.34. The molecule has 244 valence electrons. The van der Waals surface area contributed by atoms with Crippen LogP contribution in [0.3, 0.4) is 0 Å². The topological polar surface area (TPSA) is 105 Å². The van der Waals surface area contributed by atoms with Crippen LogP contribution in [0.2, 0.25) is 0 Å². The van der Waals surface area contributed by atoms with Crippen LogP contribution in [0.4, 0.5) is 0 Å². The standard InChI is InChI=1S/C36H35BrN2O7S/c1-6-43-34(41)24-14-12-23(13-15-24)20-45-28-17-16-26(37)18-25(28)19-30-33(40)39-32(27-10-8-9-11-29(27)46-21(3)4)31(35(42)44-7-2)22(5)38-36(39)47-30/h8-19,21,32H,6-7,20H2,1-5H3/b30-19-/t32-/m0/s1. The lowest BCUT2D eigenvalue weighted by Crippen LogP contribution is -2.40. The zero-order valence-corrected chi connectivity index (χ0v) is 29.1. The lowest BCUT2D eigenvalue weighted by atomic mass is 9.95. The number of halogens is 1. The predicted octanol–water partition coefficient (Wildman–Crippen LogP) is 6.10. The number of carbonyl (C=O) groups excluding carboxylic acids is 2. The van der Waals surface area contributed by atoms with Crippen molar-refractivity contribution in [1.82, 2.24) is 4.57 Å². The van der Waals surface area contributed by atoms with Crippen LogP contribution in [0.15, 0.2) is 92.3 Å². The first kappa shape index (κ1) is 33.9. The molecule has 0 unspecified atom stereocenters. The van der Waals surface area contributed by atoms with Gasteiger partial charge in [-0.15, -0.1) is 0 Å². The molecule has 3 aromatic carbocycles. The van der Waals surface area contributed by atoms with Crippen LogP contribution >= 0.6 is 27.3 Å². The smallest absolute Gasteiger partial charge is 0.338 e. The third-order valence-corrected chi connectivity index (χ3v) is 8.69. The quantitative estimate of drug-likeness (QED) is 0.173. The monoisotopic (exact) mass is 718 g/mol. The molecule has 9 nitrogen and oxygen atoms in total. The summed E-state index contributed by atoms with van der Waals surface area (Å²) in [5.74, 6) is 0.213. The Morgan fingerprint density at radius 2 is 1.68 bits per heavy atom. The van der Waals surface area contributed by atoms with E-state index in [0.29, 0.717) is 49.8 Å². The number of hydrogen-bond acceptors (Lipinski definition) is 9. The molecule has 2 heterocycles. The summed E-state index contributed by atoms with van der Waals surface area (Å²) in [6, 6.07) is 19.2. The van der Waals surface area contributed by atoms with E-state index in [2.05, 4.69) is 15.9 Å². The highest BCUT2D eigenvalue weighted by molar-refractivity contribution is 9.10. The SMILES string of the molecule is CCOC(=O)C1=C(C)N=c2s/c(=C\c3cc(Br)ccc3OCc3ccc(C(=O)OCC)cc3)c(=O)n2[C@H]1c1ccccc1OC(C)C. The number of hydrogen-bond donors (Lipinski definition) is 0. The van der Waals surface area contributed by atoms with Gasteiger partial charge in [0.05, 0.1) is 40.7 Å². The van der Waals surface area contributed by atoms with Crippen LogP contribution in [0.5, 0.6) is 11.5 Å². The normalized spacial score (nSPS) is 14.4. The molecule has 0 radical (unpaired) electrons. The second-order valence-electron chi connectivity index (χ2n) is 10.9. The lowest BCUT2D eigenvalue weighted by molar-refractivity contribution is -0.139. The highest BCUT2D eigenvalue weighted by Crippen LogP contribution is 2.36. The Hall–Kier alpha value is -4.48. The van der Waals surface area contributed by atoms with Crippen LogP contribution in [0, 0.1) is 0 Å². The second-order valence-corrected chi connectivity index (χ2v) is 12.8. The lowest BCUT2D eigenvalue weighted by Gasteiger charge is -2.26. The summed E-state index contributed by atoms with van der Waals surface area (Å²) < 4.78 is 25.6. The maximum Gasteiger partial charge on any atom is 0.338 e. The number of fused-ring (bicyclic) bond motifs is 1. The summed E-state index contributed by atoms with van der Waals surface area (Å²) >= 11 is 4.77. The van der Waals surface area contributed by atoms with Crippen LogP contribution in [-0.2, 0) is 20.9 Å². The summed E-state index contributed by atoms with van der Waals surface area (Å²) in [6.45, 7) is 9.82. The van der Waals surface area contributed by atoms with Gasteiger partial charge in [-0.2, -0.15) is 0 Å². The molecule has 0 aliphatic carbocycles. The highest BCUT2D eigenvalue weighted by atomic mass is 79.9. The van der Waals surface area contributed by atoms with E-state index < -0.39 is 12.0 Å². The molecule has 1 aliphatic rings. The number of para-hydroxylation sites is 1. The van der Waals surface area contributed by atoms with Gasteiger partial charge in [0, 0.05) is 15.6 Å². The molecule has 4 aromatic rings. The van der Waals surface area contributed by atoms with Gasteiger partial charge in [-0.3, -0.25) is 9.36 Å². The number of carbonyl (C=O) groups is 2. The first-order chi connectivity index (χ1) is 22.6. The molecule has 5 rings (SSSR count). The highest BCUT2D eigenvalue weighted by Gasteiger charge is 2.35. The van der Waals surface area contributed by atoms with E-state index in [9.17, 15) is 14.4 Å². The molecule has 0 spiro atoms. The Morgan fingerprint density at radius 3 is 2.38 bits per heavy atom. The number of rotatable bonds is 11. The maximum absolute atomic E-state index is 14.3. The van der Waals surface area contributed by atoms with Gasteiger partial charge in [-0.1, -0.05) is 57.6 Å². The zero-order chi connectivity index (χ0) is 33.7. The van der Waals surface area contributed by atoms with E-state index in [1.165, 1.54) is 11.3 Å². The molecule has 47 heavy (non-hydrogen) atoms. The van der Waals surface area contributed by atoms with E-state index in [1.807, 2.05) is 68.4 Å². The number of ether oxygens (including phenoxy) is 4. The fourth-order valence-electron chi connectivity index (χ4n) is 5.17. The van der Waals surface area contributed by atoms with Crippen LogP contribution in [0.25, 0.3) is 6.08 Å². The minimum Gasteiger partial charge on any atom is -0.491 e. The van der Waals surface area contributed by atoms with E-state index in [1.54, 1.807) is 43.5 Å². The first-order valence-corrected chi connectivity index (χ1v) is 16.9. The maximum atomic E-state index is 14.3. The van der Waals surface area contributed by atoms with Crippen LogP contribution in [0.1, 0.15) is 67.7 Å². The summed E-state index contributed by atoms with van der Waals surface area (Å²) in [4.78, 5) is 44.8. The van der Waals surface area contributed by atoms with Crippen molar-refractivity contribution in [2.45, 2.75) is 53.4 Å².